The maximum atomic E-state index is 12.6. The topological polar surface area (TPSA) is 26.3 Å². The van der Waals surface area contributed by atoms with Gasteiger partial charge in [-0.25, -0.2) is 0 Å². The van der Waals surface area contributed by atoms with E-state index < -0.39 is 0 Å². The highest BCUT2D eigenvalue weighted by Gasteiger charge is 2.13. The second kappa shape index (κ2) is 11.5. The molecule has 23 heavy (non-hydrogen) atoms. The monoisotopic (exact) mass is 312 g/mol. The standard InChI is InChI=1S/C21H28O2/c1-4-7-10-13-18(5-2)16-17-20(22)19-14-11-8-9-12-15-21(19)23-6-3/h7,9-10,12-17H,4-6,8,11H2,1-3H3/b10-7-,12-9-,17-16+,18-13+,19-14?,21-15+. The Morgan fingerprint density at radius 3 is 2.74 bits per heavy atom. The SMILES string of the molecule is CC\C=C/C=C(/C=C/C(=O)C1=CCC/C=C\C=C/1OCC)CC. The first-order valence-electron chi connectivity index (χ1n) is 8.51. The molecule has 0 amide bonds. The predicted molar refractivity (Wildman–Crippen MR) is 98.1 cm³/mol. The van der Waals surface area contributed by atoms with Crippen molar-refractivity contribution in [2.45, 2.75) is 46.5 Å². The summed E-state index contributed by atoms with van der Waals surface area (Å²) in [7, 11) is 0. The molecule has 0 aliphatic heterocycles. The lowest BCUT2D eigenvalue weighted by molar-refractivity contribution is -0.111. The summed E-state index contributed by atoms with van der Waals surface area (Å²) in [6.07, 6.45) is 21.4. The minimum absolute atomic E-state index is 0.00109. The Bertz CT molecular complexity index is 554. The Morgan fingerprint density at radius 2 is 2.04 bits per heavy atom. The van der Waals surface area contributed by atoms with Crippen LogP contribution in [0.15, 0.2) is 71.6 Å². The van der Waals surface area contributed by atoms with Crippen LogP contribution < -0.4 is 0 Å². The van der Waals surface area contributed by atoms with Gasteiger partial charge in [0.1, 0.15) is 5.76 Å². The van der Waals surface area contributed by atoms with Gasteiger partial charge in [-0.2, -0.15) is 0 Å². The van der Waals surface area contributed by atoms with E-state index in [1.807, 2.05) is 37.3 Å². The smallest absolute Gasteiger partial charge is 0.189 e. The summed E-state index contributed by atoms with van der Waals surface area (Å²) in [5.74, 6) is 0.657. The number of ether oxygens (including phenoxy) is 1. The largest absolute Gasteiger partial charge is 0.493 e. The molecule has 124 valence electrons. The van der Waals surface area contributed by atoms with E-state index in [-0.39, 0.29) is 5.78 Å². The Morgan fingerprint density at radius 1 is 1.22 bits per heavy atom. The average Bonchev–Trinajstić information content (AvgIpc) is 2.53. The fourth-order valence-corrected chi connectivity index (χ4v) is 2.16. The van der Waals surface area contributed by atoms with Crippen LogP contribution in [0.4, 0.5) is 0 Å². The first kappa shape index (κ1) is 19.0. The van der Waals surface area contributed by atoms with Crippen molar-refractivity contribution in [1.82, 2.24) is 0 Å². The lowest BCUT2D eigenvalue weighted by atomic mass is 10.0. The second-order valence-corrected chi connectivity index (χ2v) is 5.22. The molecule has 2 heteroatoms. The molecule has 0 heterocycles. The number of carbonyl (C=O) groups is 1. The predicted octanol–water partition coefficient (Wildman–Crippen LogP) is 5.61. The summed E-state index contributed by atoms with van der Waals surface area (Å²) in [5, 5.41) is 0. The van der Waals surface area contributed by atoms with Gasteiger partial charge in [0.05, 0.1) is 12.2 Å². The molecular formula is C21H28O2. The Kier molecular flexibility index (Phi) is 9.46. The summed E-state index contributed by atoms with van der Waals surface area (Å²) in [4.78, 5) is 12.6. The van der Waals surface area contributed by atoms with E-state index in [1.54, 1.807) is 6.08 Å². The number of hydrogen-bond donors (Lipinski definition) is 0. The summed E-state index contributed by atoms with van der Waals surface area (Å²) >= 11 is 0. The quantitative estimate of drug-likeness (QED) is 0.430. The van der Waals surface area contributed by atoms with Crippen LogP contribution in [0.3, 0.4) is 0 Å². The van der Waals surface area contributed by atoms with Crippen molar-refractivity contribution in [2.24, 2.45) is 0 Å². The second-order valence-electron chi connectivity index (χ2n) is 5.22. The van der Waals surface area contributed by atoms with Gasteiger partial charge < -0.3 is 4.74 Å². The van der Waals surface area contributed by atoms with E-state index in [2.05, 4.69) is 32.1 Å². The lowest BCUT2D eigenvalue weighted by Crippen LogP contribution is -2.06. The maximum Gasteiger partial charge on any atom is 0.189 e. The number of rotatable bonds is 8. The molecule has 0 saturated heterocycles. The van der Waals surface area contributed by atoms with Crippen LogP contribution in [0.25, 0.3) is 0 Å². The van der Waals surface area contributed by atoms with Gasteiger partial charge in [-0.1, -0.05) is 56.4 Å². The van der Waals surface area contributed by atoms with Crippen LogP contribution in [-0.4, -0.2) is 12.4 Å². The zero-order valence-corrected chi connectivity index (χ0v) is 14.5. The molecule has 2 nitrogen and oxygen atoms in total. The minimum atomic E-state index is -0.00109. The van der Waals surface area contributed by atoms with Crippen molar-refractivity contribution >= 4 is 5.78 Å². The van der Waals surface area contributed by atoms with E-state index in [9.17, 15) is 4.79 Å². The highest BCUT2D eigenvalue weighted by Crippen LogP contribution is 2.18. The molecule has 1 aliphatic rings. The molecule has 1 aliphatic carbocycles. The van der Waals surface area contributed by atoms with E-state index in [0.29, 0.717) is 17.9 Å². The van der Waals surface area contributed by atoms with Gasteiger partial charge in [0.15, 0.2) is 5.78 Å². The number of ketones is 1. The minimum Gasteiger partial charge on any atom is -0.493 e. The number of carbonyl (C=O) groups excluding carboxylic acids is 1. The normalized spacial score (nSPS) is 19.9. The molecule has 0 bridgehead atoms. The van der Waals surface area contributed by atoms with Crippen LogP contribution >= 0.6 is 0 Å². The fraction of sp³-hybridized carbons (Fsp3) is 0.381. The van der Waals surface area contributed by atoms with Gasteiger partial charge in [0, 0.05) is 0 Å². The molecule has 1 rings (SSSR count). The Labute approximate surface area is 140 Å². The molecule has 0 saturated carbocycles. The Hall–Kier alpha value is -2.09. The molecule has 0 spiro atoms. The molecule has 0 aromatic rings. The van der Waals surface area contributed by atoms with Crippen LogP contribution in [0.5, 0.6) is 0 Å². The van der Waals surface area contributed by atoms with E-state index in [4.69, 9.17) is 4.74 Å². The molecule has 0 unspecified atom stereocenters. The zero-order chi connectivity index (χ0) is 16.9. The van der Waals surface area contributed by atoms with Crippen LogP contribution in [0.1, 0.15) is 46.5 Å². The van der Waals surface area contributed by atoms with E-state index in [0.717, 1.165) is 31.3 Å². The molecule has 0 fully saturated rings. The molecule has 0 aromatic heterocycles. The third-order valence-corrected chi connectivity index (χ3v) is 3.44. The van der Waals surface area contributed by atoms with Crippen molar-refractivity contribution in [3.8, 4) is 0 Å². The average molecular weight is 312 g/mol. The number of hydrogen-bond acceptors (Lipinski definition) is 2. The third kappa shape index (κ3) is 7.14. The maximum absolute atomic E-state index is 12.6. The van der Waals surface area contributed by atoms with Gasteiger partial charge in [-0.15, -0.1) is 0 Å². The van der Waals surface area contributed by atoms with Crippen LogP contribution in [0.2, 0.25) is 0 Å². The fourth-order valence-electron chi connectivity index (χ4n) is 2.16. The number of allylic oxidation sites excluding steroid dienone is 11. The van der Waals surface area contributed by atoms with E-state index in [1.165, 1.54) is 0 Å². The summed E-state index contributed by atoms with van der Waals surface area (Å²) in [6.45, 7) is 6.67. The van der Waals surface area contributed by atoms with Crippen molar-refractivity contribution in [3.63, 3.8) is 0 Å². The Balaban J connectivity index is 2.92. The first-order chi connectivity index (χ1) is 11.2. The van der Waals surface area contributed by atoms with Crippen LogP contribution in [-0.2, 0) is 9.53 Å². The van der Waals surface area contributed by atoms with E-state index >= 15 is 0 Å². The summed E-state index contributed by atoms with van der Waals surface area (Å²) < 4.78 is 5.63. The molecule has 0 N–H and O–H groups in total. The van der Waals surface area contributed by atoms with Crippen LogP contribution in [0, 0.1) is 0 Å². The molecular weight excluding hydrogens is 284 g/mol. The van der Waals surface area contributed by atoms with Gasteiger partial charge in [0.25, 0.3) is 0 Å². The van der Waals surface area contributed by atoms with Crippen molar-refractivity contribution in [1.29, 1.82) is 0 Å². The van der Waals surface area contributed by atoms with Gasteiger partial charge in [0.2, 0.25) is 0 Å². The summed E-state index contributed by atoms with van der Waals surface area (Å²) in [5.41, 5.74) is 1.79. The molecule has 0 aromatic carbocycles. The first-order valence-corrected chi connectivity index (χ1v) is 8.51. The highest BCUT2D eigenvalue weighted by molar-refractivity contribution is 6.07. The van der Waals surface area contributed by atoms with Gasteiger partial charge >= 0.3 is 0 Å². The lowest BCUT2D eigenvalue weighted by Gasteiger charge is -2.11. The van der Waals surface area contributed by atoms with Crippen molar-refractivity contribution in [2.75, 3.05) is 6.61 Å². The van der Waals surface area contributed by atoms with Gasteiger partial charge in [-0.05, 0) is 50.3 Å². The molecule has 0 atom stereocenters. The zero-order valence-electron chi connectivity index (χ0n) is 14.5. The van der Waals surface area contributed by atoms with Crippen molar-refractivity contribution < 1.29 is 9.53 Å². The third-order valence-electron chi connectivity index (χ3n) is 3.44. The van der Waals surface area contributed by atoms with Gasteiger partial charge in [-0.3, -0.25) is 4.79 Å². The summed E-state index contributed by atoms with van der Waals surface area (Å²) in [6, 6.07) is 0. The van der Waals surface area contributed by atoms with Crippen molar-refractivity contribution in [3.05, 3.63) is 71.6 Å². The highest BCUT2D eigenvalue weighted by atomic mass is 16.5. The molecule has 0 radical (unpaired) electrons.